The number of hydrogen-bond donors (Lipinski definition) is 1. The minimum absolute atomic E-state index is 0.251. The molecule has 0 fully saturated rings. The molecule has 3 aromatic carbocycles. The first kappa shape index (κ1) is 36.8. The second-order valence-corrected chi connectivity index (χ2v) is 9.73. The highest BCUT2D eigenvalue weighted by molar-refractivity contribution is 5.82. The maximum absolute atomic E-state index is 12.0. The number of hydrogen-bond acceptors (Lipinski definition) is 20. The van der Waals surface area contributed by atoms with Crippen LogP contribution in [0.25, 0.3) is 5.69 Å². The Hall–Kier alpha value is -8.99. The van der Waals surface area contributed by atoms with E-state index in [1.54, 1.807) is 0 Å². The van der Waals surface area contributed by atoms with E-state index in [2.05, 4.69) is 10.3 Å². The van der Waals surface area contributed by atoms with Crippen LogP contribution in [0.4, 0.5) is 68.2 Å². The van der Waals surface area contributed by atoms with Gasteiger partial charge < -0.3 is 9.88 Å². The van der Waals surface area contributed by atoms with Gasteiger partial charge in [0.05, 0.1) is 91.8 Å². The van der Waals surface area contributed by atoms with E-state index in [4.69, 9.17) is 0 Å². The summed E-state index contributed by atoms with van der Waals surface area (Å²) >= 11 is 0. The van der Waals surface area contributed by atoms with Crippen molar-refractivity contribution in [1.29, 1.82) is 0 Å². The summed E-state index contributed by atoms with van der Waals surface area (Å²) in [7, 11) is 0. The third kappa shape index (κ3) is 7.23. The van der Waals surface area contributed by atoms with E-state index < -0.39 is 124 Å². The Morgan fingerprint density at radius 3 is 1.15 bits per heavy atom. The third-order valence-corrected chi connectivity index (χ3v) is 6.69. The number of nitro groups is 9. The standard InChI is InChI=1S/C23H10N12O18/c36-27(37)10-3-15(30(42)43)21(16(4-10)31(44)45)24-13-1-2-26(23-19(34(50)51)7-12(29(40)41)8-20(23)35(52)53)9-14(13)25-22-17(32(46)47)5-11(28(38)39)6-18(22)33(48)49/h1-9,25H. The van der Waals surface area contributed by atoms with Gasteiger partial charge in [0.1, 0.15) is 0 Å². The normalized spacial score (nSPS) is 11.0. The van der Waals surface area contributed by atoms with Crippen molar-refractivity contribution in [2.24, 2.45) is 4.99 Å². The molecular weight excluding hydrogens is 732 g/mol. The van der Waals surface area contributed by atoms with Gasteiger partial charge in [-0.15, -0.1) is 0 Å². The minimum atomic E-state index is -1.38. The van der Waals surface area contributed by atoms with E-state index >= 15 is 0 Å². The second kappa shape index (κ2) is 13.9. The molecule has 270 valence electrons. The Morgan fingerprint density at radius 1 is 0.472 bits per heavy atom. The van der Waals surface area contributed by atoms with Gasteiger partial charge in [0.15, 0.2) is 5.69 Å². The van der Waals surface area contributed by atoms with Crippen molar-refractivity contribution in [3.8, 4) is 5.69 Å². The van der Waals surface area contributed by atoms with E-state index in [1.807, 2.05) is 0 Å². The van der Waals surface area contributed by atoms with Crippen molar-refractivity contribution in [3.63, 3.8) is 0 Å². The Labute approximate surface area is 284 Å². The highest BCUT2D eigenvalue weighted by Crippen LogP contribution is 2.43. The van der Waals surface area contributed by atoms with Crippen molar-refractivity contribution in [2.45, 2.75) is 0 Å². The molecule has 0 bridgehead atoms. The number of nitrogens with zero attached hydrogens (tertiary/aromatic N) is 11. The molecule has 1 aromatic heterocycles. The van der Waals surface area contributed by atoms with Crippen LogP contribution in [-0.2, 0) is 0 Å². The predicted octanol–water partition coefficient (Wildman–Crippen LogP) is 4.63. The zero-order chi connectivity index (χ0) is 39.6. The number of rotatable bonds is 13. The number of nitrogens with one attached hydrogen (secondary N) is 1. The van der Waals surface area contributed by atoms with Gasteiger partial charge in [-0.1, -0.05) is 0 Å². The fourth-order valence-corrected chi connectivity index (χ4v) is 4.52. The van der Waals surface area contributed by atoms with Gasteiger partial charge in [-0.3, -0.25) is 91.0 Å². The molecule has 0 aliphatic carbocycles. The molecule has 0 amide bonds. The molecule has 4 rings (SSSR count). The first-order chi connectivity index (χ1) is 24.7. The van der Waals surface area contributed by atoms with Crippen molar-refractivity contribution in [2.75, 3.05) is 5.32 Å². The average molecular weight is 742 g/mol. The SMILES string of the molecule is O=[N+]([O-])c1cc([N+](=O)[O-])c(N=c2ccn(-c3c([N+](=O)[O-])cc([N+](=O)[O-])cc3[N+](=O)[O-])cc2Nc2c([N+](=O)[O-])cc([N+](=O)[O-])cc2[N+](=O)[O-])c([N+](=O)[O-])c1. The molecule has 0 saturated heterocycles. The summed E-state index contributed by atoms with van der Waals surface area (Å²) in [5.74, 6) is 0. The Balaban J connectivity index is 2.24. The number of nitro benzene ring substituents is 9. The molecule has 53 heavy (non-hydrogen) atoms. The summed E-state index contributed by atoms with van der Waals surface area (Å²) in [6.07, 6.45) is 1.20. The van der Waals surface area contributed by atoms with Crippen molar-refractivity contribution in [1.82, 2.24) is 4.57 Å². The van der Waals surface area contributed by atoms with Crippen LogP contribution >= 0.6 is 0 Å². The zero-order valence-electron chi connectivity index (χ0n) is 25.0. The largest absolute Gasteiger partial charge is 0.341 e. The fourth-order valence-electron chi connectivity index (χ4n) is 4.52. The van der Waals surface area contributed by atoms with Crippen molar-refractivity contribution >= 4 is 68.2 Å². The lowest BCUT2D eigenvalue weighted by molar-refractivity contribution is -0.403. The maximum atomic E-state index is 12.0. The van der Waals surface area contributed by atoms with Crippen molar-refractivity contribution in [3.05, 3.63) is 151 Å². The van der Waals surface area contributed by atoms with E-state index in [0.717, 1.165) is 0 Å². The van der Waals surface area contributed by atoms with Gasteiger partial charge in [0.2, 0.25) is 11.4 Å². The molecule has 0 atom stereocenters. The molecule has 0 saturated carbocycles. The van der Waals surface area contributed by atoms with E-state index in [-0.39, 0.29) is 24.3 Å². The van der Waals surface area contributed by atoms with Crippen LogP contribution in [-0.4, -0.2) is 48.9 Å². The van der Waals surface area contributed by atoms with Crippen LogP contribution in [0.15, 0.2) is 59.9 Å². The third-order valence-electron chi connectivity index (χ3n) is 6.69. The van der Waals surface area contributed by atoms with Gasteiger partial charge in [-0.25, -0.2) is 4.99 Å². The fraction of sp³-hybridized carbons (Fsp3) is 0. The predicted molar refractivity (Wildman–Crippen MR) is 167 cm³/mol. The van der Waals surface area contributed by atoms with Crippen LogP contribution in [0.2, 0.25) is 0 Å². The first-order valence-electron chi connectivity index (χ1n) is 13.1. The highest BCUT2D eigenvalue weighted by Gasteiger charge is 2.35. The molecule has 0 aliphatic heterocycles. The lowest BCUT2D eigenvalue weighted by Gasteiger charge is -2.13. The lowest BCUT2D eigenvalue weighted by Crippen LogP contribution is -2.15. The van der Waals surface area contributed by atoms with E-state index in [9.17, 15) is 91.0 Å². The van der Waals surface area contributed by atoms with Crippen LogP contribution in [0.5, 0.6) is 0 Å². The quantitative estimate of drug-likeness (QED) is 0.144. The number of aromatic nitrogens is 1. The summed E-state index contributed by atoms with van der Waals surface area (Å²) in [6.45, 7) is 0. The number of benzene rings is 3. The Bertz CT molecular complexity index is 2350. The van der Waals surface area contributed by atoms with Gasteiger partial charge in [0.25, 0.3) is 17.1 Å². The van der Waals surface area contributed by atoms with Gasteiger partial charge in [-0.05, 0) is 6.07 Å². The van der Waals surface area contributed by atoms with Gasteiger partial charge in [0, 0.05) is 12.4 Å². The van der Waals surface area contributed by atoms with Crippen molar-refractivity contribution < 1.29 is 44.3 Å². The smallest absolute Gasteiger partial charge is 0.308 e. The molecule has 4 aromatic rings. The summed E-state index contributed by atoms with van der Waals surface area (Å²) in [5.41, 5.74) is -16.0. The Morgan fingerprint density at radius 2 is 0.811 bits per heavy atom. The minimum Gasteiger partial charge on any atom is -0.341 e. The second-order valence-electron chi connectivity index (χ2n) is 9.73. The zero-order valence-corrected chi connectivity index (χ0v) is 25.0. The molecule has 0 aliphatic rings. The summed E-state index contributed by atoms with van der Waals surface area (Å²) < 4.78 is 0.475. The van der Waals surface area contributed by atoms with E-state index in [0.29, 0.717) is 35.2 Å². The van der Waals surface area contributed by atoms with Crippen LogP contribution in [0, 0.1) is 91.0 Å². The van der Waals surface area contributed by atoms with Crippen LogP contribution in [0.3, 0.4) is 0 Å². The average Bonchev–Trinajstić information content (AvgIpc) is 3.07. The molecule has 0 radical (unpaired) electrons. The van der Waals surface area contributed by atoms with Crippen LogP contribution < -0.4 is 10.7 Å². The number of pyridine rings is 1. The van der Waals surface area contributed by atoms with Crippen LogP contribution in [0.1, 0.15) is 0 Å². The lowest BCUT2D eigenvalue weighted by atomic mass is 10.1. The number of anilines is 2. The highest BCUT2D eigenvalue weighted by atomic mass is 16.7. The maximum Gasteiger partial charge on any atom is 0.308 e. The molecule has 0 spiro atoms. The number of non-ortho nitro benzene ring substituents is 3. The summed E-state index contributed by atoms with van der Waals surface area (Å²) in [5, 5.41) is 107. The monoisotopic (exact) mass is 742 g/mol. The molecule has 1 N–H and O–H groups in total. The topological polar surface area (TPSA) is 418 Å². The molecule has 30 nitrogen and oxygen atoms in total. The molecular formula is C23H10N12O18. The molecule has 1 heterocycles. The Kier molecular flexibility index (Phi) is 9.63. The van der Waals surface area contributed by atoms with Gasteiger partial charge in [-0.2, -0.15) is 0 Å². The van der Waals surface area contributed by atoms with Gasteiger partial charge >= 0.3 is 34.1 Å². The molecule has 0 unspecified atom stereocenters. The summed E-state index contributed by atoms with van der Waals surface area (Å²) in [6, 6.07) is 2.28. The van der Waals surface area contributed by atoms with E-state index in [1.165, 1.54) is 0 Å². The molecule has 30 heteroatoms. The first-order valence-corrected chi connectivity index (χ1v) is 13.1. The summed E-state index contributed by atoms with van der Waals surface area (Å²) in [4.78, 5) is 97.9.